The van der Waals surface area contributed by atoms with E-state index in [-0.39, 0.29) is 12.5 Å². The normalized spacial score (nSPS) is 15.4. The molecule has 3 rings (SSSR count). The number of hydrogen-bond acceptors (Lipinski definition) is 3. The van der Waals surface area contributed by atoms with Crippen molar-refractivity contribution in [1.29, 1.82) is 0 Å². The topological polar surface area (TPSA) is 84.2 Å². The standard InChI is InChI=1S/C15H15N3O3/c19-13(10-18-9-1-8-16-18)17-12-4-2-11(3-5-12)15(6-7-15)14(20)21/h1-5,8-9H,6-7,10H2,(H,17,19)(H,20,21). The molecule has 0 radical (unpaired) electrons. The first-order valence-electron chi connectivity index (χ1n) is 6.71. The van der Waals surface area contributed by atoms with Crippen molar-refractivity contribution >= 4 is 17.6 Å². The minimum Gasteiger partial charge on any atom is -0.481 e. The van der Waals surface area contributed by atoms with E-state index in [2.05, 4.69) is 10.4 Å². The van der Waals surface area contributed by atoms with Crippen LogP contribution in [-0.4, -0.2) is 26.8 Å². The van der Waals surface area contributed by atoms with E-state index in [1.807, 2.05) is 0 Å². The van der Waals surface area contributed by atoms with Gasteiger partial charge in [0, 0.05) is 18.1 Å². The number of hydrogen-bond donors (Lipinski definition) is 2. The molecule has 108 valence electrons. The molecule has 0 aliphatic heterocycles. The molecule has 1 aromatic carbocycles. The van der Waals surface area contributed by atoms with Crippen molar-refractivity contribution in [3.63, 3.8) is 0 Å². The molecule has 6 heteroatoms. The number of anilines is 1. The lowest BCUT2D eigenvalue weighted by atomic mass is 9.96. The van der Waals surface area contributed by atoms with Crippen LogP contribution in [0.15, 0.2) is 42.7 Å². The maximum atomic E-state index is 11.8. The molecule has 1 aliphatic carbocycles. The van der Waals surface area contributed by atoms with E-state index in [4.69, 9.17) is 0 Å². The summed E-state index contributed by atoms with van der Waals surface area (Å²) in [5.74, 6) is -0.955. The number of nitrogens with one attached hydrogen (secondary N) is 1. The first-order chi connectivity index (χ1) is 10.1. The van der Waals surface area contributed by atoms with E-state index < -0.39 is 11.4 Å². The summed E-state index contributed by atoms with van der Waals surface area (Å²) >= 11 is 0. The average Bonchev–Trinajstić information content (AvgIpc) is 3.12. The predicted octanol–water partition coefficient (Wildman–Crippen LogP) is 1.64. The quantitative estimate of drug-likeness (QED) is 0.874. The summed E-state index contributed by atoms with van der Waals surface area (Å²) in [5.41, 5.74) is 0.731. The molecule has 21 heavy (non-hydrogen) atoms. The third-order valence-corrected chi connectivity index (χ3v) is 3.75. The van der Waals surface area contributed by atoms with Crippen LogP contribution < -0.4 is 5.32 Å². The van der Waals surface area contributed by atoms with Crippen LogP contribution in [0.1, 0.15) is 18.4 Å². The van der Waals surface area contributed by atoms with E-state index in [1.165, 1.54) is 4.68 Å². The Hall–Kier alpha value is -2.63. The van der Waals surface area contributed by atoms with Crippen LogP contribution in [0.4, 0.5) is 5.69 Å². The Balaban J connectivity index is 1.65. The fraction of sp³-hybridized carbons (Fsp3) is 0.267. The Morgan fingerprint density at radius 2 is 2.00 bits per heavy atom. The summed E-state index contributed by atoms with van der Waals surface area (Å²) in [6.45, 7) is 0.147. The Labute approximate surface area is 121 Å². The fourth-order valence-corrected chi connectivity index (χ4v) is 2.37. The van der Waals surface area contributed by atoms with Gasteiger partial charge in [-0.05, 0) is 36.6 Å². The average molecular weight is 285 g/mol. The maximum Gasteiger partial charge on any atom is 0.314 e. The first-order valence-corrected chi connectivity index (χ1v) is 6.71. The van der Waals surface area contributed by atoms with Gasteiger partial charge in [-0.25, -0.2) is 0 Å². The largest absolute Gasteiger partial charge is 0.481 e. The highest BCUT2D eigenvalue weighted by atomic mass is 16.4. The Morgan fingerprint density at radius 1 is 1.29 bits per heavy atom. The number of carboxylic acid groups (broad SMARTS) is 1. The van der Waals surface area contributed by atoms with Crippen LogP contribution in [0.2, 0.25) is 0 Å². The molecule has 1 heterocycles. The van der Waals surface area contributed by atoms with Gasteiger partial charge in [0.2, 0.25) is 5.91 Å². The van der Waals surface area contributed by atoms with E-state index >= 15 is 0 Å². The number of aliphatic carboxylic acids is 1. The lowest BCUT2D eigenvalue weighted by Gasteiger charge is -2.11. The number of aromatic nitrogens is 2. The summed E-state index contributed by atoms with van der Waals surface area (Å²) in [6, 6.07) is 8.76. The second kappa shape index (κ2) is 5.05. The highest BCUT2D eigenvalue weighted by Gasteiger charge is 2.51. The molecule has 1 aliphatic rings. The molecular weight excluding hydrogens is 270 g/mol. The van der Waals surface area contributed by atoms with Crippen molar-refractivity contribution in [3.8, 4) is 0 Å². The van der Waals surface area contributed by atoms with Gasteiger partial charge in [0.25, 0.3) is 0 Å². The minimum absolute atomic E-state index is 0.147. The zero-order valence-electron chi connectivity index (χ0n) is 11.3. The predicted molar refractivity (Wildman–Crippen MR) is 75.8 cm³/mol. The van der Waals surface area contributed by atoms with Gasteiger partial charge in [0.05, 0.1) is 5.41 Å². The van der Waals surface area contributed by atoms with Crippen LogP contribution in [0, 0.1) is 0 Å². The number of nitrogens with zero attached hydrogens (tertiary/aromatic N) is 2. The number of carboxylic acids is 1. The molecule has 1 fully saturated rings. The summed E-state index contributed by atoms with van der Waals surface area (Å²) in [7, 11) is 0. The molecule has 1 amide bonds. The molecule has 1 saturated carbocycles. The second-order valence-electron chi connectivity index (χ2n) is 5.22. The number of amides is 1. The lowest BCUT2D eigenvalue weighted by Crippen LogP contribution is -2.20. The molecule has 1 aromatic heterocycles. The Bertz CT molecular complexity index is 658. The third-order valence-electron chi connectivity index (χ3n) is 3.75. The van der Waals surface area contributed by atoms with Gasteiger partial charge < -0.3 is 10.4 Å². The summed E-state index contributed by atoms with van der Waals surface area (Å²) in [5, 5.41) is 16.0. The van der Waals surface area contributed by atoms with Gasteiger partial charge >= 0.3 is 5.97 Å². The molecule has 0 unspecified atom stereocenters. The van der Waals surface area contributed by atoms with Crippen molar-refractivity contribution in [3.05, 3.63) is 48.3 Å². The van der Waals surface area contributed by atoms with Gasteiger partial charge in [-0.2, -0.15) is 5.10 Å². The second-order valence-corrected chi connectivity index (χ2v) is 5.22. The monoisotopic (exact) mass is 285 g/mol. The molecule has 0 spiro atoms. The molecular formula is C15H15N3O3. The van der Waals surface area contributed by atoms with Crippen molar-refractivity contribution < 1.29 is 14.7 Å². The molecule has 0 saturated heterocycles. The molecule has 2 aromatic rings. The molecule has 2 N–H and O–H groups in total. The van der Waals surface area contributed by atoms with Crippen LogP contribution in [-0.2, 0) is 21.5 Å². The van der Waals surface area contributed by atoms with Gasteiger partial charge in [0.15, 0.2) is 0 Å². The minimum atomic E-state index is -0.780. The van der Waals surface area contributed by atoms with E-state index in [1.54, 1.807) is 42.7 Å². The van der Waals surface area contributed by atoms with E-state index in [9.17, 15) is 14.7 Å². The highest BCUT2D eigenvalue weighted by molar-refractivity contribution is 5.91. The third kappa shape index (κ3) is 2.65. The van der Waals surface area contributed by atoms with Crippen LogP contribution in [0.5, 0.6) is 0 Å². The van der Waals surface area contributed by atoms with E-state index in [0.29, 0.717) is 18.5 Å². The number of rotatable bonds is 5. The molecule has 0 atom stereocenters. The van der Waals surface area contributed by atoms with Gasteiger partial charge in [-0.3, -0.25) is 14.3 Å². The van der Waals surface area contributed by atoms with Gasteiger partial charge in [0.1, 0.15) is 6.54 Å². The van der Waals surface area contributed by atoms with Crippen LogP contribution in [0.3, 0.4) is 0 Å². The van der Waals surface area contributed by atoms with Crippen molar-refractivity contribution in [2.24, 2.45) is 0 Å². The Morgan fingerprint density at radius 3 is 2.52 bits per heavy atom. The van der Waals surface area contributed by atoms with Crippen molar-refractivity contribution in [2.75, 3.05) is 5.32 Å². The fourth-order valence-electron chi connectivity index (χ4n) is 2.37. The number of carbonyl (C=O) groups is 2. The number of benzene rings is 1. The summed E-state index contributed by atoms with van der Waals surface area (Å²) < 4.78 is 1.54. The van der Waals surface area contributed by atoms with E-state index in [0.717, 1.165) is 5.56 Å². The maximum absolute atomic E-state index is 11.8. The van der Waals surface area contributed by atoms with Gasteiger partial charge in [-0.1, -0.05) is 12.1 Å². The Kier molecular flexibility index (Phi) is 3.21. The zero-order valence-corrected chi connectivity index (χ0v) is 11.3. The zero-order chi connectivity index (χ0) is 14.9. The van der Waals surface area contributed by atoms with Crippen molar-refractivity contribution in [1.82, 2.24) is 9.78 Å². The smallest absolute Gasteiger partial charge is 0.314 e. The summed E-state index contributed by atoms with van der Waals surface area (Å²) in [4.78, 5) is 23.1. The highest BCUT2D eigenvalue weighted by Crippen LogP contribution is 2.48. The van der Waals surface area contributed by atoms with Crippen LogP contribution >= 0.6 is 0 Å². The number of carbonyl (C=O) groups excluding carboxylic acids is 1. The van der Waals surface area contributed by atoms with Gasteiger partial charge in [-0.15, -0.1) is 0 Å². The SMILES string of the molecule is O=C(Cn1cccn1)Nc1ccc(C2(C(=O)O)CC2)cc1. The first kappa shape index (κ1) is 13.4. The molecule has 0 bridgehead atoms. The summed E-state index contributed by atoms with van der Waals surface area (Å²) in [6.07, 6.45) is 4.68. The molecule has 6 nitrogen and oxygen atoms in total. The van der Waals surface area contributed by atoms with Crippen LogP contribution in [0.25, 0.3) is 0 Å². The lowest BCUT2D eigenvalue weighted by molar-refractivity contribution is -0.140. The van der Waals surface area contributed by atoms with Crippen molar-refractivity contribution in [2.45, 2.75) is 24.8 Å².